The van der Waals surface area contributed by atoms with Gasteiger partial charge in [-0.05, 0) is 18.8 Å². The van der Waals surface area contributed by atoms with E-state index in [1.165, 1.54) is 44.9 Å². The zero-order valence-corrected chi connectivity index (χ0v) is 12.5. The molecule has 1 nitrogen and oxygen atoms in total. The van der Waals surface area contributed by atoms with Gasteiger partial charge >= 0.3 is 0 Å². The summed E-state index contributed by atoms with van der Waals surface area (Å²) in [4.78, 5) is 0. The van der Waals surface area contributed by atoms with Crippen LogP contribution in [0.4, 0.5) is 0 Å². The molecular formula is C15H34O. The van der Waals surface area contributed by atoms with Gasteiger partial charge in [-0.25, -0.2) is 0 Å². The van der Waals surface area contributed by atoms with E-state index < -0.39 is 0 Å². The van der Waals surface area contributed by atoms with Crippen molar-refractivity contribution in [1.82, 2.24) is 0 Å². The fourth-order valence-corrected chi connectivity index (χ4v) is 1.59. The van der Waals surface area contributed by atoms with Crippen LogP contribution in [0.1, 0.15) is 79.6 Å². The number of unbranched alkanes of at least 4 members (excludes halogenated alkanes) is 1. The molecular weight excluding hydrogens is 196 g/mol. The minimum atomic E-state index is 0.564. The second-order valence-electron chi connectivity index (χ2n) is 4.84. The Kier molecular flexibility index (Phi) is 17.1. The maximum Gasteiger partial charge on any atom is 0.0573 e. The predicted octanol–water partition coefficient (Wildman–Crippen LogP) is 5.43. The molecule has 16 heavy (non-hydrogen) atoms. The Hall–Kier alpha value is -0.0400. The largest absolute Gasteiger partial charge is 0.381 e. The summed E-state index contributed by atoms with van der Waals surface area (Å²) in [5, 5.41) is 0. The molecule has 0 N–H and O–H groups in total. The van der Waals surface area contributed by atoms with Crippen molar-refractivity contribution < 1.29 is 4.74 Å². The molecule has 0 spiro atoms. The van der Waals surface area contributed by atoms with Crippen molar-refractivity contribution in [1.29, 1.82) is 0 Å². The smallest absolute Gasteiger partial charge is 0.0573 e. The molecule has 100 valence electrons. The van der Waals surface area contributed by atoms with Gasteiger partial charge in [0.05, 0.1) is 6.10 Å². The second kappa shape index (κ2) is 15.0. The molecule has 0 saturated heterocycles. The summed E-state index contributed by atoms with van der Waals surface area (Å²) in [5.74, 6) is 0.892. The highest BCUT2D eigenvalue weighted by Gasteiger charge is 2.17. The van der Waals surface area contributed by atoms with Crippen LogP contribution in [-0.2, 0) is 4.74 Å². The van der Waals surface area contributed by atoms with Crippen LogP contribution in [0.15, 0.2) is 0 Å². The molecule has 1 heteroatoms. The summed E-state index contributed by atoms with van der Waals surface area (Å²) in [7, 11) is 1.82. The molecule has 0 amide bonds. The molecule has 1 aliphatic rings. The third kappa shape index (κ3) is 14.0. The molecule has 0 aromatic carbocycles. The Morgan fingerprint density at radius 3 is 1.75 bits per heavy atom. The minimum Gasteiger partial charge on any atom is -0.381 e. The van der Waals surface area contributed by atoms with Gasteiger partial charge in [0, 0.05) is 7.11 Å². The fraction of sp³-hybridized carbons (Fsp3) is 1.00. The highest BCUT2D eigenvalue weighted by molar-refractivity contribution is 4.69. The van der Waals surface area contributed by atoms with Crippen LogP contribution in [0, 0.1) is 5.92 Å². The molecule has 0 aromatic rings. The van der Waals surface area contributed by atoms with Crippen LogP contribution in [0.25, 0.3) is 0 Å². The Balaban J connectivity index is 0. The van der Waals surface area contributed by atoms with Crippen LogP contribution >= 0.6 is 0 Å². The number of ether oxygens (including phenoxy) is 1. The Morgan fingerprint density at radius 2 is 1.50 bits per heavy atom. The van der Waals surface area contributed by atoms with Gasteiger partial charge in [0.25, 0.3) is 0 Å². The Bertz CT molecular complexity index is 110. The summed E-state index contributed by atoms with van der Waals surface area (Å²) in [6, 6.07) is 0. The number of methoxy groups -OCH3 is 1. The minimum absolute atomic E-state index is 0.564. The quantitative estimate of drug-likeness (QED) is 0.614. The lowest BCUT2D eigenvalue weighted by Crippen LogP contribution is -2.19. The van der Waals surface area contributed by atoms with E-state index in [0.29, 0.717) is 6.10 Å². The SMILES string of the molecule is CCC.CCCC.COC1CCCC(C)C1. The molecule has 0 heterocycles. The van der Waals surface area contributed by atoms with Crippen molar-refractivity contribution in [2.75, 3.05) is 7.11 Å². The van der Waals surface area contributed by atoms with Crippen LogP contribution in [0.5, 0.6) is 0 Å². The third-order valence-corrected chi connectivity index (χ3v) is 2.72. The van der Waals surface area contributed by atoms with E-state index in [1.807, 2.05) is 7.11 Å². The van der Waals surface area contributed by atoms with Crippen LogP contribution in [0.2, 0.25) is 0 Å². The van der Waals surface area contributed by atoms with Gasteiger partial charge in [0.1, 0.15) is 0 Å². The van der Waals surface area contributed by atoms with Gasteiger partial charge in [-0.2, -0.15) is 0 Å². The van der Waals surface area contributed by atoms with Crippen molar-refractivity contribution in [2.45, 2.75) is 85.7 Å². The summed E-state index contributed by atoms with van der Waals surface area (Å²) in [6.07, 6.45) is 9.77. The molecule has 0 aromatic heterocycles. The van der Waals surface area contributed by atoms with E-state index in [9.17, 15) is 0 Å². The Morgan fingerprint density at radius 1 is 1.00 bits per heavy atom. The van der Waals surface area contributed by atoms with Crippen molar-refractivity contribution >= 4 is 0 Å². The first-order valence-corrected chi connectivity index (χ1v) is 7.18. The lowest BCUT2D eigenvalue weighted by atomic mass is 9.89. The van der Waals surface area contributed by atoms with E-state index in [0.717, 1.165) is 5.92 Å². The Labute approximate surface area is 104 Å². The third-order valence-electron chi connectivity index (χ3n) is 2.72. The number of rotatable bonds is 2. The van der Waals surface area contributed by atoms with Gasteiger partial charge in [-0.1, -0.05) is 66.7 Å². The van der Waals surface area contributed by atoms with Gasteiger partial charge < -0.3 is 4.74 Å². The monoisotopic (exact) mass is 230 g/mol. The highest BCUT2D eigenvalue weighted by Crippen LogP contribution is 2.24. The van der Waals surface area contributed by atoms with Crippen LogP contribution < -0.4 is 0 Å². The van der Waals surface area contributed by atoms with Gasteiger partial charge in [-0.3, -0.25) is 0 Å². The zero-order chi connectivity index (χ0) is 12.8. The van der Waals surface area contributed by atoms with Crippen molar-refractivity contribution in [3.8, 4) is 0 Å². The van der Waals surface area contributed by atoms with Gasteiger partial charge in [0.15, 0.2) is 0 Å². The maximum absolute atomic E-state index is 5.26. The summed E-state index contributed by atoms with van der Waals surface area (Å²) < 4.78 is 5.26. The predicted molar refractivity (Wildman–Crippen MR) is 75.0 cm³/mol. The molecule has 1 saturated carbocycles. The number of hydrogen-bond acceptors (Lipinski definition) is 1. The molecule has 0 radical (unpaired) electrons. The first-order valence-electron chi connectivity index (χ1n) is 7.18. The molecule has 2 atom stereocenters. The van der Waals surface area contributed by atoms with Crippen LogP contribution in [-0.4, -0.2) is 13.2 Å². The van der Waals surface area contributed by atoms with E-state index in [-0.39, 0.29) is 0 Å². The van der Waals surface area contributed by atoms with Crippen molar-refractivity contribution in [3.63, 3.8) is 0 Å². The molecule has 0 aliphatic heterocycles. The van der Waals surface area contributed by atoms with Gasteiger partial charge in [-0.15, -0.1) is 0 Å². The fourth-order valence-electron chi connectivity index (χ4n) is 1.59. The molecule has 1 fully saturated rings. The number of hydrogen-bond donors (Lipinski definition) is 0. The van der Waals surface area contributed by atoms with E-state index in [4.69, 9.17) is 4.74 Å². The molecule has 1 rings (SSSR count). The van der Waals surface area contributed by atoms with Crippen LogP contribution in [0.3, 0.4) is 0 Å². The normalized spacial score (nSPS) is 23.6. The van der Waals surface area contributed by atoms with E-state index in [1.54, 1.807) is 0 Å². The maximum atomic E-state index is 5.26. The average Bonchev–Trinajstić information content (AvgIpc) is 2.30. The summed E-state index contributed by atoms with van der Waals surface area (Å²) >= 11 is 0. The standard InChI is InChI=1S/C8H16O.C4H10.C3H8/c1-7-4-3-5-8(6-7)9-2;1-3-4-2;1-3-2/h7-8H,3-6H2,1-2H3;3-4H2,1-2H3;3H2,1-2H3. The zero-order valence-electron chi connectivity index (χ0n) is 12.5. The van der Waals surface area contributed by atoms with Crippen molar-refractivity contribution in [3.05, 3.63) is 0 Å². The topological polar surface area (TPSA) is 9.23 Å². The lowest BCUT2D eigenvalue weighted by molar-refractivity contribution is 0.0542. The molecule has 1 aliphatic carbocycles. The molecule has 0 bridgehead atoms. The lowest BCUT2D eigenvalue weighted by Gasteiger charge is -2.25. The second-order valence-corrected chi connectivity index (χ2v) is 4.84. The first-order chi connectivity index (χ1) is 7.65. The average molecular weight is 230 g/mol. The van der Waals surface area contributed by atoms with Gasteiger partial charge in [0.2, 0.25) is 0 Å². The first kappa shape index (κ1) is 18.3. The van der Waals surface area contributed by atoms with E-state index >= 15 is 0 Å². The van der Waals surface area contributed by atoms with E-state index in [2.05, 4.69) is 34.6 Å². The highest BCUT2D eigenvalue weighted by atomic mass is 16.5. The summed E-state index contributed by atoms with van der Waals surface area (Å²) in [5.41, 5.74) is 0. The van der Waals surface area contributed by atoms with Crippen molar-refractivity contribution in [2.24, 2.45) is 5.92 Å². The molecule has 2 unspecified atom stereocenters. The summed E-state index contributed by atoms with van der Waals surface area (Å²) in [6.45, 7) is 10.9.